The van der Waals surface area contributed by atoms with Gasteiger partial charge in [-0.1, -0.05) is 30.3 Å². The second-order valence-corrected chi connectivity index (χ2v) is 4.56. The van der Waals surface area contributed by atoms with Crippen LogP contribution < -0.4 is 0 Å². The fourth-order valence-corrected chi connectivity index (χ4v) is 2.29. The molecular formula is C13H15FO4. The predicted octanol–water partition coefficient (Wildman–Crippen LogP) is 1.20. The summed E-state index contributed by atoms with van der Waals surface area (Å²) in [4.78, 5) is 0. The zero-order chi connectivity index (χ0) is 12.5. The summed E-state index contributed by atoms with van der Waals surface area (Å²) in [7, 11) is 0. The Labute approximate surface area is 104 Å². The van der Waals surface area contributed by atoms with Crippen molar-refractivity contribution >= 4 is 0 Å². The van der Waals surface area contributed by atoms with Gasteiger partial charge in [0.1, 0.15) is 18.3 Å². The molecule has 0 spiro atoms. The molecule has 0 aliphatic carbocycles. The molecule has 0 amide bonds. The van der Waals surface area contributed by atoms with Crippen LogP contribution in [-0.4, -0.2) is 42.8 Å². The fraction of sp³-hybridized carbons (Fsp3) is 0.538. The Morgan fingerprint density at radius 3 is 2.67 bits per heavy atom. The molecule has 18 heavy (non-hydrogen) atoms. The Hall–Kier alpha value is -1.01. The quantitative estimate of drug-likeness (QED) is 0.818. The third kappa shape index (κ3) is 2.14. The van der Waals surface area contributed by atoms with Crippen LogP contribution >= 0.6 is 0 Å². The zero-order valence-electron chi connectivity index (χ0n) is 9.74. The molecule has 0 saturated carbocycles. The van der Waals surface area contributed by atoms with Gasteiger partial charge in [0.15, 0.2) is 12.5 Å². The first-order valence-electron chi connectivity index (χ1n) is 6.01. The minimum Gasteiger partial charge on any atom is -0.387 e. The molecule has 1 unspecified atom stereocenters. The molecule has 98 valence electrons. The van der Waals surface area contributed by atoms with E-state index < -0.39 is 30.8 Å². The highest BCUT2D eigenvalue weighted by Crippen LogP contribution is 2.32. The molecule has 2 fully saturated rings. The second kappa shape index (κ2) is 4.93. The van der Waals surface area contributed by atoms with E-state index in [0.717, 1.165) is 5.56 Å². The molecule has 5 atom stereocenters. The lowest BCUT2D eigenvalue weighted by atomic mass is 10.00. The van der Waals surface area contributed by atoms with Crippen LogP contribution in [0.1, 0.15) is 11.9 Å². The first kappa shape index (κ1) is 12.0. The molecular weight excluding hydrogens is 239 g/mol. The predicted molar refractivity (Wildman–Crippen MR) is 60.7 cm³/mol. The summed E-state index contributed by atoms with van der Waals surface area (Å²) in [6, 6.07) is 9.38. The summed E-state index contributed by atoms with van der Waals surface area (Å²) in [5, 5.41) is 9.80. The Morgan fingerprint density at radius 2 is 1.89 bits per heavy atom. The van der Waals surface area contributed by atoms with Gasteiger partial charge in [-0.25, -0.2) is 4.39 Å². The van der Waals surface area contributed by atoms with Gasteiger partial charge >= 0.3 is 0 Å². The van der Waals surface area contributed by atoms with Crippen LogP contribution in [-0.2, 0) is 14.2 Å². The van der Waals surface area contributed by atoms with E-state index in [9.17, 15) is 9.50 Å². The van der Waals surface area contributed by atoms with Crippen molar-refractivity contribution in [1.29, 1.82) is 0 Å². The summed E-state index contributed by atoms with van der Waals surface area (Å²) in [5.74, 6) is 0. The summed E-state index contributed by atoms with van der Waals surface area (Å²) >= 11 is 0. The minimum absolute atomic E-state index is 0.106. The molecule has 4 nitrogen and oxygen atoms in total. The van der Waals surface area contributed by atoms with Crippen molar-refractivity contribution in [2.24, 2.45) is 0 Å². The maximum Gasteiger partial charge on any atom is 0.184 e. The number of ether oxygens (including phenoxy) is 3. The van der Waals surface area contributed by atoms with E-state index in [1.807, 2.05) is 30.3 Å². The maximum absolute atomic E-state index is 13.4. The molecule has 1 aromatic carbocycles. The summed E-state index contributed by atoms with van der Waals surface area (Å²) in [6.07, 6.45) is -4.20. The van der Waals surface area contributed by atoms with Gasteiger partial charge in [0.25, 0.3) is 0 Å². The van der Waals surface area contributed by atoms with Gasteiger partial charge in [0.05, 0.1) is 13.2 Å². The number of hydrogen-bond acceptors (Lipinski definition) is 4. The van der Waals surface area contributed by atoms with Crippen molar-refractivity contribution in [2.75, 3.05) is 13.2 Å². The van der Waals surface area contributed by atoms with Crippen LogP contribution in [0, 0.1) is 0 Å². The van der Waals surface area contributed by atoms with Gasteiger partial charge < -0.3 is 19.3 Å². The van der Waals surface area contributed by atoms with Crippen LogP contribution in [0.3, 0.4) is 0 Å². The van der Waals surface area contributed by atoms with Crippen LogP contribution in [0.2, 0.25) is 0 Å². The first-order valence-corrected chi connectivity index (χ1v) is 6.01. The molecule has 3 rings (SSSR count). The highest BCUT2D eigenvalue weighted by Gasteiger charge is 2.45. The average Bonchev–Trinajstić information content (AvgIpc) is 2.44. The van der Waals surface area contributed by atoms with E-state index in [1.54, 1.807) is 0 Å². The highest BCUT2D eigenvalue weighted by atomic mass is 19.1. The van der Waals surface area contributed by atoms with Crippen molar-refractivity contribution in [3.63, 3.8) is 0 Å². The SMILES string of the molecule is O[C@H]1[C@@H]2OC(c3ccccc3)OC[C@H]2OC[C@H]1F. The standard InChI is InChI=1S/C13H15FO4/c14-9-6-16-10-7-17-13(18-12(10)11(9)15)8-4-2-1-3-5-8/h1-5,9-13,15H,6-7H2/t9-,10-,11-,12-,13?/m1/s1. The van der Waals surface area contributed by atoms with E-state index in [-0.39, 0.29) is 6.61 Å². The summed E-state index contributed by atoms with van der Waals surface area (Å²) in [6.45, 7) is 0.194. The Bertz CT molecular complexity index is 397. The number of fused-ring (bicyclic) bond motifs is 1. The maximum atomic E-state index is 13.4. The summed E-state index contributed by atoms with van der Waals surface area (Å²) in [5.41, 5.74) is 0.851. The van der Waals surface area contributed by atoms with Crippen molar-refractivity contribution in [2.45, 2.75) is 30.8 Å². The van der Waals surface area contributed by atoms with Gasteiger partial charge in [-0.2, -0.15) is 0 Å². The number of hydrogen-bond donors (Lipinski definition) is 1. The van der Waals surface area contributed by atoms with E-state index in [4.69, 9.17) is 14.2 Å². The van der Waals surface area contributed by atoms with Crippen LogP contribution in [0.25, 0.3) is 0 Å². The van der Waals surface area contributed by atoms with Crippen molar-refractivity contribution in [3.05, 3.63) is 35.9 Å². The van der Waals surface area contributed by atoms with Gasteiger partial charge in [-0.15, -0.1) is 0 Å². The number of aliphatic hydroxyl groups is 1. The molecule has 0 bridgehead atoms. The number of halogens is 1. The van der Waals surface area contributed by atoms with Gasteiger partial charge in [-0.3, -0.25) is 0 Å². The van der Waals surface area contributed by atoms with Crippen molar-refractivity contribution in [1.82, 2.24) is 0 Å². The second-order valence-electron chi connectivity index (χ2n) is 4.56. The largest absolute Gasteiger partial charge is 0.387 e. The third-order valence-electron chi connectivity index (χ3n) is 3.31. The number of benzene rings is 1. The van der Waals surface area contributed by atoms with Crippen molar-refractivity contribution < 1.29 is 23.7 Å². The van der Waals surface area contributed by atoms with E-state index in [1.165, 1.54) is 0 Å². The van der Waals surface area contributed by atoms with E-state index in [0.29, 0.717) is 6.61 Å². The number of alkyl halides is 1. The molecule has 0 aromatic heterocycles. The lowest BCUT2D eigenvalue weighted by Crippen LogP contribution is -2.57. The molecule has 2 aliphatic rings. The minimum atomic E-state index is -1.40. The monoisotopic (exact) mass is 254 g/mol. The molecule has 2 saturated heterocycles. The topological polar surface area (TPSA) is 47.9 Å². The molecule has 1 aromatic rings. The molecule has 0 radical (unpaired) electrons. The number of rotatable bonds is 1. The molecule has 2 heterocycles. The molecule has 2 aliphatic heterocycles. The van der Waals surface area contributed by atoms with Gasteiger partial charge in [-0.05, 0) is 0 Å². The van der Waals surface area contributed by atoms with Crippen LogP contribution in [0.15, 0.2) is 30.3 Å². The smallest absolute Gasteiger partial charge is 0.184 e. The Morgan fingerprint density at radius 1 is 1.11 bits per heavy atom. The van der Waals surface area contributed by atoms with Crippen molar-refractivity contribution in [3.8, 4) is 0 Å². The Kier molecular flexibility index (Phi) is 3.30. The van der Waals surface area contributed by atoms with E-state index >= 15 is 0 Å². The number of aliphatic hydroxyl groups excluding tert-OH is 1. The zero-order valence-corrected chi connectivity index (χ0v) is 9.74. The van der Waals surface area contributed by atoms with E-state index in [2.05, 4.69) is 0 Å². The molecule has 1 N–H and O–H groups in total. The van der Waals surface area contributed by atoms with Crippen LogP contribution in [0.4, 0.5) is 4.39 Å². The molecule has 5 heteroatoms. The fourth-order valence-electron chi connectivity index (χ4n) is 2.29. The Balaban J connectivity index is 1.75. The third-order valence-corrected chi connectivity index (χ3v) is 3.31. The lowest BCUT2D eigenvalue weighted by Gasteiger charge is -2.42. The van der Waals surface area contributed by atoms with Gasteiger partial charge in [0, 0.05) is 5.56 Å². The average molecular weight is 254 g/mol. The van der Waals surface area contributed by atoms with Crippen LogP contribution in [0.5, 0.6) is 0 Å². The lowest BCUT2D eigenvalue weighted by molar-refractivity contribution is -0.308. The summed E-state index contributed by atoms with van der Waals surface area (Å²) < 4.78 is 29.8. The first-order chi connectivity index (χ1) is 8.75. The normalized spacial score (nSPS) is 40.2. The van der Waals surface area contributed by atoms with Gasteiger partial charge in [0.2, 0.25) is 0 Å². The highest BCUT2D eigenvalue weighted by molar-refractivity contribution is 5.16.